The Hall–Kier alpha value is -3.15. The van der Waals surface area contributed by atoms with Gasteiger partial charge in [0.1, 0.15) is 0 Å². The first-order chi connectivity index (χ1) is 12.4. The Morgan fingerprint density at radius 1 is 0.885 bits per heavy atom. The highest BCUT2D eigenvalue weighted by atomic mass is 16.4. The van der Waals surface area contributed by atoms with E-state index >= 15 is 0 Å². The molecule has 0 aliphatic rings. The summed E-state index contributed by atoms with van der Waals surface area (Å²) in [6.45, 7) is 3.71. The number of carboxylic acids is 1. The first kappa shape index (κ1) is 19.2. The van der Waals surface area contributed by atoms with Crippen LogP contribution in [0.4, 0.5) is 0 Å². The van der Waals surface area contributed by atoms with Crippen LogP contribution in [-0.2, 0) is 4.79 Å². The maximum absolute atomic E-state index is 12.3. The molecule has 0 aliphatic carbocycles. The zero-order valence-corrected chi connectivity index (χ0v) is 14.7. The predicted octanol–water partition coefficient (Wildman–Crippen LogP) is 2.42. The number of benzene rings is 2. The first-order valence-electron chi connectivity index (χ1n) is 8.35. The molecule has 6 heteroatoms. The molecule has 26 heavy (non-hydrogen) atoms. The summed E-state index contributed by atoms with van der Waals surface area (Å²) < 4.78 is 0. The van der Waals surface area contributed by atoms with Gasteiger partial charge in [0.05, 0.1) is 5.92 Å². The second-order valence-corrected chi connectivity index (χ2v) is 6.22. The van der Waals surface area contributed by atoms with Crippen LogP contribution in [0.2, 0.25) is 0 Å². The van der Waals surface area contributed by atoms with Gasteiger partial charge in [-0.1, -0.05) is 30.3 Å². The van der Waals surface area contributed by atoms with Gasteiger partial charge in [0.25, 0.3) is 11.8 Å². The van der Waals surface area contributed by atoms with Crippen LogP contribution >= 0.6 is 0 Å². The molecule has 0 saturated heterocycles. The lowest BCUT2D eigenvalue weighted by Crippen LogP contribution is -2.32. The van der Waals surface area contributed by atoms with E-state index in [1.807, 2.05) is 13.8 Å². The summed E-state index contributed by atoms with van der Waals surface area (Å²) in [6.07, 6.45) is 0. The summed E-state index contributed by atoms with van der Waals surface area (Å²) in [5, 5.41) is 14.8. The zero-order chi connectivity index (χ0) is 19.1. The number of rotatable bonds is 7. The van der Waals surface area contributed by atoms with Crippen molar-refractivity contribution >= 4 is 17.8 Å². The van der Waals surface area contributed by atoms with E-state index in [4.69, 9.17) is 0 Å². The third-order valence-corrected chi connectivity index (χ3v) is 3.80. The molecule has 2 aromatic rings. The number of carboxylic acid groups (broad SMARTS) is 1. The third kappa shape index (κ3) is 5.17. The van der Waals surface area contributed by atoms with Crippen LogP contribution < -0.4 is 10.6 Å². The molecule has 3 N–H and O–H groups in total. The van der Waals surface area contributed by atoms with Crippen molar-refractivity contribution in [2.75, 3.05) is 6.54 Å². The Morgan fingerprint density at radius 3 is 1.92 bits per heavy atom. The Balaban J connectivity index is 2.01. The Bertz CT molecular complexity index is 770. The lowest BCUT2D eigenvalue weighted by Gasteiger charge is -2.14. The Morgan fingerprint density at radius 2 is 1.42 bits per heavy atom. The molecule has 2 aromatic carbocycles. The van der Waals surface area contributed by atoms with Gasteiger partial charge in [-0.15, -0.1) is 0 Å². The minimum atomic E-state index is -1.00. The Kier molecular flexibility index (Phi) is 6.49. The van der Waals surface area contributed by atoms with E-state index in [9.17, 15) is 19.5 Å². The highest BCUT2D eigenvalue weighted by molar-refractivity contribution is 5.98. The molecule has 0 aliphatic heterocycles. The average Bonchev–Trinajstić information content (AvgIpc) is 2.62. The highest BCUT2D eigenvalue weighted by Gasteiger charge is 2.20. The monoisotopic (exact) mass is 354 g/mol. The summed E-state index contributed by atoms with van der Waals surface area (Å²) in [4.78, 5) is 35.6. The van der Waals surface area contributed by atoms with E-state index in [0.717, 1.165) is 0 Å². The third-order valence-electron chi connectivity index (χ3n) is 3.80. The molecule has 0 saturated carbocycles. The van der Waals surface area contributed by atoms with Gasteiger partial charge >= 0.3 is 5.97 Å². The van der Waals surface area contributed by atoms with Crippen molar-refractivity contribution in [2.24, 2.45) is 0 Å². The summed E-state index contributed by atoms with van der Waals surface area (Å²) >= 11 is 0. The van der Waals surface area contributed by atoms with Gasteiger partial charge in [0, 0.05) is 23.7 Å². The van der Waals surface area contributed by atoms with E-state index in [1.54, 1.807) is 54.6 Å². The lowest BCUT2D eigenvalue weighted by molar-refractivity contribution is -0.138. The van der Waals surface area contributed by atoms with Crippen LogP contribution in [0, 0.1) is 0 Å². The SMILES string of the molecule is CC(C)NC(=O)c1ccc(C(=O)NCC(C(=O)O)c2ccccc2)cc1. The maximum Gasteiger partial charge on any atom is 0.312 e. The molecular formula is C20H22N2O4. The fraction of sp³-hybridized carbons (Fsp3) is 0.250. The largest absolute Gasteiger partial charge is 0.481 e. The molecule has 136 valence electrons. The van der Waals surface area contributed by atoms with Crippen molar-refractivity contribution in [1.82, 2.24) is 10.6 Å². The van der Waals surface area contributed by atoms with Crippen LogP contribution in [-0.4, -0.2) is 35.5 Å². The highest BCUT2D eigenvalue weighted by Crippen LogP contribution is 2.15. The van der Waals surface area contributed by atoms with Crippen molar-refractivity contribution in [2.45, 2.75) is 25.8 Å². The van der Waals surface area contributed by atoms with Crippen molar-refractivity contribution in [3.05, 3.63) is 71.3 Å². The molecular weight excluding hydrogens is 332 g/mol. The van der Waals surface area contributed by atoms with Crippen molar-refractivity contribution in [1.29, 1.82) is 0 Å². The molecule has 0 spiro atoms. The van der Waals surface area contributed by atoms with Crippen LogP contribution in [0.25, 0.3) is 0 Å². The minimum Gasteiger partial charge on any atom is -0.481 e. The van der Waals surface area contributed by atoms with E-state index in [2.05, 4.69) is 10.6 Å². The van der Waals surface area contributed by atoms with Crippen molar-refractivity contribution in [3.8, 4) is 0 Å². The molecule has 0 fully saturated rings. The fourth-order valence-electron chi connectivity index (χ4n) is 2.45. The normalized spacial score (nSPS) is 11.7. The minimum absolute atomic E-state index is 0.0201. The van der Waals surface area contributed by atoms with E-state index in [1.165, 1.54) is 0 Å². The van der Waals surface area contributed by atoms with Gasteiger partial charge in [-0.2, -0.15) is 0 Å². The number of amides is 2. The second-order valence-electron chi connectivity index (χ2n) is 6.22. The number of carbonyl (C=O) groups excluding carboxylic acids is 2. The lowest BCUT2D eigenvalue weighted by atomic mass is 9.99. The Labute approximate surface area is 152 Å². The van der Waals surface area contributed by atoms with Crippen LogP contribution in [0.1, 0.15) is 46.0 Å². The molecule has 0 bridgehead atoms. The van der Waals surface area contributed by atoms with Crippen LogP contribution in [0.3, 0.4) is 0 Å². The summed E-state index contributed by atoms with van der Waals surface area (Å²) in [5.41, 5.74) is 1.45. The molecule has 6 nitrogen and oxygen atoms in total. The summed E-state index contributed by atoms with van der Waals surface area (Å²) in [5.74, 6) is -2.42. The van der Waals surface area contributed by atoms with Gasteiger partial charge < -0.3 is 15.7 Å². The molecule has 1 unspecified atom stereocenters. The maximum atomic E-state index is 12.3. The van der Waals surface area contributed by atoms with Gasteiger partial charge in [0.2, 0.25) is 0 Å². The van der Waals surface area contributed by atoms with Crippen molar-refractivity contribution < 1.29 is 19.5 Å². The number of hydrogen-bond donors (Lipinski definition) is 3. The van der Waals surface area contributed by atoms with E-state index in [-0.39, 0.29) is 24.4 Å². The zero-order valence-electron chi connectivity index (χ0n) is 14.7. The topological polar surface area (TPSA) is 95.5 Å². The number of nitrogens with one attached hydrogen (secondary N) is 2. The predicted molar refractivity (Wildman–Crippen MR) is 98.2 cm³/mol. The average molecular weight is 354 g/mol. The number of carbonyl (C=O) groups is 3. The molecule has 0 aromatic heterocycles. The standard InChI is InChI=1S/C20H22N2O4/c1-13(2)22-19(24)16-10-8-15(9-11-16)18(23)21-12-17(20(25)26)14-6-4-3-5-7-14/h3-11,13,17H,12H2,1-2H3,(H,21,23)(H,22,24)(H,25,26). The molecule has 0 radical (unpaired) electrons. The first-order valence-corrected chi connectivity index (χ1v) is 8.35. The molecule has 0 heterocycles. The summed E-state index contributed by atoms with van der Waals surface area (Å²) in [7, 11) is 0. The smallest absolute Gasteiger partial charge is 0.312 e. The fourth-order valence-corrected chi connectivity index (χ4v) is 2.45. The number of aliphatic carboxylic acids is 1. The van der Waals surface area contributed by atoms with Gasteiger partial charge in [-0.3, -0.25) is 14.4 Å². The molecule has 1 atom stereocenters. The van der Waals surface area contributed by atoms with Gasteiger partial charge in [-0.05, 0) is 43.7 Å². The van der Waals surface area contributed by atoms with Crippen molar-refractivity contribution in [3.63, 3.8) is 0 Å². The van der Waals surface area contributed by atoms with E-state index < -0.39 is 11.9 Å². The number of hydrogen-bond acceptors (Lipinski definition) is 3. The van der Waals surface area contributed by atoms with Gasteiger partial charge in [-0.25, -0.2) is 0 Å². The molecule has 2 rings (SSSR count). The van der Waals surface area contributed by atoms with E-state index in [0.29, 0.717) is 16.7 Å². The van der Waals surface area contributed by atoms with Crippen LogP contribution in [0.15, 0.2) is 54.6 Å². The summed E-state index contributed by atoms with van der Waals surface area (Å²) in [6, 6.07) is 15.0. The molecule has 2 amide bonds. The quantitative estimate of drug-likeness (QED) is 0.711. The van der Waals surface area contributed by atoms with Crippen LogP contribution in [0.5, 0.6) is 0 Å². The second kappa shape index (κ2) is 8.80. The van der Waals surface area contributed by atoms with Gasteiger partial charge in [0.15, 0.2) is 0 Å².